The normalized spacial score (nSPS) is 13.5. The maximum absolute atomic E-state index is 12.5. The Kier molecular flexibility index (Phi) is 6.46. The van der Waals surface area contributed by atoms with Crippen molar-refractivity contribution >= 4 is 29.0 Å². The van der Waals surface area contributed by atoms with Crippen molar-refractivity contribution < 1.29 is 23.1 Å². The largest absolute Gasteiger partial charge is 0.401 e. The predicted octanol–water partition coefficient (Wildman–Crippen LogP) is 3.42. The third-order valence-corrected chi connectivity index (χ3v) is 3.44. The van der Waals surface area contributed by atoms with Gasteiger partial charge in [-0.3, -0.25) is 9.69 Å². The molecular formula is C13H14Cl2F3NO2. The zero-order chi connectivity index (χ0) is 16.2. The van der Waals surface area contributed by atoms with Gasteiger partial charge >= 0.3 is 6.18 Å². The van der Waals surface area contributed by atoms with Gasteiger partial charge in [0, 0.05) is 17.1 Å². The number of ketones is 1. The number of alkyl halides is 3. The number of carbonyl (C=O) groups is 1. The van der Waals surface area contributed by atoms with Gasteiger partial charge < -0.3 is 5.11 Å². The van der Waals surface area contributed by atoms with Gasteiger partial charge in [0.15, 0.2) is 5.78 Å². The van der Waals surface area contributed by atoms with Crippen LogP contribution in [0.25, 0.3) is 0 Å². The first-order chi connectivity index (χ1) is 9.65. The third kappa shape index (κ3) is 5.47. The maximum Gasteiger partial charge on any atom is 0.401 e. The Bertz CT molecular complexity index is 509. The number of hydrogen-bond acceptors (Lipinski definition) is 3. The maximum atomic E-state index is 12.5. The standard InChI is InChI=1S/C13H14Cl2F3NO2/c1-8(19(4-5-20)7-13(16,17)18)12(21)10-3-2-9(14)6-11(10)15/h2-3,6,8,20H,4-5,7H2,1H3. The first-order valence-corrected chi connectivity index (χ1v) is 6.82. The van der Waals surface area contributed by atoms with E-state index in [0.29, 0.717) is 5.02 Å². The molecule has 0 aliphatic carbocycles. The highest BCUT2D eigenvalue weighted by molar-refractivity contribution is 6.37. The lowest BCUT2D eigenvalue weighted by atomic mass is 10.0. The second-order valence-corrected chi connectivity index (χ2v) is 5.32. The molecule has 1 atom stereocenters. The Balaban J connectivity index is 2.96. The summed E-state index contributed by atoms with van der Waals surface area (Å²) in [6, 6.07) is 3.09. The molecule has 0 aromatic heterocycles. The van der Waals surface area contributed by atoms with Gasteiger partial charge in [-0.1, -0.05) is 23.2 Å². The van der Waals surface area contributed by atoms with E-state index >= 15 is 0 Å². The number of benzene rings is 1. The fourth-order valence-electron chi connectivity index (χ4n) is 1.85. The molecule has 0 bridgehead atoms. The van der Waals surface area contributed by atoms with Crippen LogP contribution in [0.4, 0.5) is 13.2 Å². The van der Waals surface area contributed by atoms with E-state index in [4.69, 9.17) is 28.3 Å². The van der Waals surface area contributed by atoms with E-state index in [2.05, 4.69) is 0 Å². The Morgan fingerprint density at radius 1 is 1.38 bits per heavy atom. The fraction of sp³-hybridized carbons (Fsp3) is 0.462. The molecule has 0 aliphatic heterocycles. The minimum absolute atomic E-state index is 0.0790. The SMILES string of the molecule is CC(C(=O)c1ccc(Cl)cc1Cl)N(CCO)CC(F)(F)F. The van der Waals surface area contributed by atoms with Crippen molar-refractivity contribution in [3.05, 3.63) is 33.8 Å². The highest BCUT2D eigenvalue weighted by Crippen LogP contribution is 2.24. The van der Waals surface area contributed by atoms with Crippen LogP contribution < -0.4 is 0 Å². The molecule has 21 heavy (non-hydrogen) atoms. The summed E-state index contributed by atoms with van der Waals surface area (Å²) in [5.74, 6) is -0.561. The summed E-state index contributed by atoms with van der Waals surface area (Å²) in [6.45, 7) is -0.694. The van der Waals surface area contributed by atoms with Gasteiger partial charge in [-0.2, -0.15) is 13.2 Å². The van der Waals surface area contributed by atoms with Gasteiger partial charge in [0.1, 0.15) is 0 Å². The van der Waals surface area contributed by atoms with E-state index in [0.717, 1.165) is 4.90 Å². The van der Waals surface area contributed by atoms with Crippen LogP contribution in [0, 0.1) is 0 Å². The van der Waals surface area contributed by atoms with Gasteiger partial charge in [-0.15, -0.1) is 0 Å². The first kappa shape index (κ1) is 18.2. The average Bonchev–Trinajstić information content (AvgIpc) is 2.35. The lowest BCUT2D eigenvalue weighted by Gasteiger charge is -2.28. The van der Waals surface area contributed by atoms with E-state index in [1.165, 1.54) is 25.1 Å². The molecule has 1 unspecified atom stereocenters. The molecule has 1 aromatic carbocycles. The predicted molar refractivity (Wildman–Crippen MR) is 75.0 cm³/mol. The molecule has 1 rings (SSSR count). The average molecular weight is 344 g/mol. The number of Topliss-reactive ketones (excluding diaryl/α,β-unsaturated/α-hetero) is 1. The fourth-order valence-corrected chi connectivity index (χ4v) is 2.35. The number of halogens is 5. The van der Waals surface area contributed by atoms with Crippen molar-refractivity contribution in [2.45, 2.75) is 19.1 Å². The minimum atomic E-state index is -4.46. The molecule has 0 saturated heterocycles. The molecular weight excluding hydrogens is 330 g/mol. The molecule has 0 saturated carbocycles. The van der Waals surface area contributed by atoms with Crippen LogP contribution in [0.3, 0.4) is 0 Å². The number of nitrogens with zero attached hydrogens (tertiary/aromatic N) is 1. The lowest BCUT2D eigenvalue weighted by molar-refractivity contribution is -0.149. The zero-order valence-electron chi connectivity index (χ0n) is 11.1. The summed E-state index contributed by atoms with van der Waals surface area (Å²) in [4.78, 5) is 13.1. The van der Waals surface area contributed by atoms with Crippen LogP contribution in [0.2, 0.25) is 10.0 Å². The summed E-state index contributed by atoms with van der Waals surface area (Å²) in [5.41, 5.74) is 0.0960. The van der Waals surface area contributed by atoms with Crippen molar-refractivity contribution in [2.75, 3.05) is 19.7 Å². The van der Waals surface area contributed by atoms with E-state index < -0.39 is 31.2 Å². The Labute approximate surface area is 130 Å². The molecule has 0 aliphatic rings. The van der Waals surface area contributed by atoms with Crippen LogP contribution in [-0.4, -0.2) is 47.7 Å². The number of aliphatic hydroxyl groups excluding tert-OH is 1. The van der Waals surface area contributed by atoms with E-state index in [1.54, 1.807) is 0 Å². The topological polar surface area (TPSA) is 40.5 Å². The Morgan fingerprint density at radius 3 is 2.48 bits per heavy atom. The van der Waals surface area contributed by atoms with Crippen molar-refractivity contribution in [1.82, 2.24) is 4.90 Å². The van der Waals surface area contributed by atoms with Crippen molar-refractivity contribution in [1.29, 1.82) is 0 Å². The van der Waals surface area contributed by atoms with Crippen LogP contribution in [-0.2, 0) is 0 Å². The first-order valence-electron chi connectivity index (χ1n) is 6.06. The van der Waals surface area contributed by atoms with Gasteiger partial charge in [0.2, 0.25) is 0 Å². The van der Waals surface area contributed by atoms with Crippen LogP contribution in [0.15, 0.2) is 18.2 Å². The molecule has 3 nitrogen and oxygen atoms in total. The number of hydrogen-bond donors (Lipinski definition) is 1. The monoisotopic (exact) mass is 343 g/mol. The summed E-state index contributed by atoms with van der Waals surface area (Å²) in [7, 11) is 0. The van der Waals surface area contributed by atoms with Crippen LogP contribution in [0.1, 0.15) is 17.3 Å². The second-order valence-electron chi connectivity index (χ2n) is 4.47. The summed E-state index contributed by atoms with van der Waals surface area (Å²) < 4.78 is 37.5. The zero-order valence-corrected chi connectivity index (χ0v) is 12.6. The molecule has 1 aromatic rings. The van der Waals surface area contributed by atoms with Crippen LogP contribution >= 0.6 is 23.2 Å². The number of aliphatic hydroxyl groups is 1. The van der Waals surface area contributed by atoms with Gasteiger partial charge in [0.25, 0.3) is 0 Å². The van der Waals surface area contributed by atoms with Crippen molar-refractivity contribution in [3.8, 4) is 0 Å². The Hall–Kier alpha value is -0.820. The number of carbonyl (C=O) groups excluding carboxylic acids is 1. The molecule has 1 N–H and O–H groups in total. The van der Waals surface area contributed by atoms with Crippen molar-refractivity contribution in [3.63, 3.8) is 0 Å². The summed E-state index contributed by atoms with van der Waals surface area (Å²) in [6.07, 6.45) is -4.46. The summed E-state index contributed by atoms with van der Waals surface area (Å²) >= 11 is 11.6. The van der Waals surface area contributed by atoms with E-state index in [9.17, 15) is 18.0 Å². The molecule has 0 spiro atoms. The molecule has 0 fully saturated rings. The molecule has 0 amide bonds. The smallest absolute Gasteiger partial charge is 0.395 e. The third-order valence-electron chi connectivity index (χ3n) is 2.89. The highest BCUT2D eigenvalue weighted by atomic mass is 35.5. The van der Waals surface area contributed by atoms with Gasteiger partial charge in [-0.25, -0.2) is 0 Å². The van der Waals surface area contributed by atoms with E-state index in [-0.39, 0.29) is 17.1 Å². The minimum Gasteiger partial charge on any atom is -0.395 e. The second kappa shape index (κ2) is 7.45. The van der Waals surface area contributed by atoms with Crippen molar-refractivity contribution in [2.24, 2.45) is 0 Å². The van der Waals surface area contributed by atoms with E-state index in [1.807, 2.05) is 0 Å². The molecule has 0 radical (unpaired) electrons. The van der Waals surface area contributed by atoms with Gasteiger partial charge in [-0.05, 0) is 25.1 Å². The lowest BCUT2D eigenvalue weighted by Crippen LogP contribution is -2.45. The quantitative estimate of drug-likeness (QED) is 0.804. The Morgan fingerprint density at radius 2 is 2.00 bits per heavy atom. The number of rotatable bonds is 6. The molecule has 118 valence electrons. The van der Waals surface area contributed by atoms with Gasteiger partial charge in [0.05, 0.1) is 24.2 Å². The molecule has 8 heteroatoms. The van der Waals surface area contributed by atoms with Crippen LogP contribution in [0.5, 0.6) is 0 Å². The molecule has 0 heterocycles. The summed E-state index contributed by atoms with van der Waals surface area (Å²) in [5, 5.41) is 9.27. The highest BCUT2D eigenvalue weighted by Gasteiger charge is 2.35.